The predicted molar refractivity (Wildman–Crippen MR) is 63.3 cm³/mol. The van der Waals surface area contributed by atoms with Crippen molar-refractivity contribution in [2.45, 2.75) is 32.4 Å². The third-order valence-electron chi connectivity index (χ3n) is 2.89. The lowest BCUT2D eigenvalue weighted by molar-refractivity contribution is -0.137. The molecule has 1 heterocycles. The largest absolute Gasteiger partial charge is 0.375 e. The van der Waals surface area contributed by atoms with Crippen LogP contribution in [0.2, 0.25) is 0 Å². The first kappa shape index (κ1) is 13.9. The van der Waals surface area contributed by atoms with E-state index in [0.29, 0.717) is 32.7 Å². The van der Waals surface area contributed by atoms with Crippen LogP contribution < -0.4 is 11.1 Å². The van der Waals surface area contributed by atoms with Gasteiger partial charge < -0.3 is 15.8 Å². The number of morpholine rings is 1. The Kier molecular flexibility index (Phi) is 5.37. The molecule has 2 atom stereocenters. The van der Waals surface area contributed by atoms with Gasteiger partial charge in [0.15, 0.2) is 0 Å². The lowest BCUT2D eigenvalue weighted by atomic mass is 10.1. The van der Waals surface area contributed by atoms with Crippen LogP contribution in [0.5, 0.6) is 0 Å². The van der Waals surface area contributed by atoms with E-state index in [0.717, 1.165) is 0 Å². The molecule has 1 fully saturated rings. The number of ether oxygens (including phenoxy) is 1. The minimum absolute atomic E-state index is 0.00475. The number of nitrogens with zero attached hydrogens (tertiary/aromatic N) is 1. The number of carbonyl (C=O) groups excluding carboxylic acids is 2. The van der Waals surface area contributed by atoms with Gasteiger partial charge in [0, 0.05) is 26.1 Å². The normalized spacial score (nSPS) is 25.5. The molecule has 0 spiro atoms. The van der Waals surface area contributed by atoms with Gasteiger partial charge in [-0.1, -0.05) is 0 Å². The average molecular weight is 243 g/mol. The maximum Gasteiger partial charge on any atom is 0.237 e. The minimum atomic E-state index is -0.432. The van der Waals surface area contributed by atoms with Gasteiger partial charge in [-0.25, -0.2) is 0 Å². The molecule has 1 rings (SSSR count). The highest BCUT2D eigenvalue weighted by Crippen LogP contribution is 2.13. The first-order chi connectivity index (χ1) is 8.06. The van der Waals surface area contributed by atoms with Crippen LogP contribution in [0.15, 0.2) is 0 Å². The highest BCUT2D eigenvalue weighted by atomic mass is 16.5. The van der Waals surface area contributed by atoms with Gasteiger partial charge in [0.05, 0.1) is 12.7 Å². The smallest absolute Gasteiger partial charge is 0.237 e. The SMILES string of the molecule is CCNC(=O)CCN1CCO[C@H](C)[C@H]1C(N)=O. The standard InChI is InChI=1S/C11H21N3O3/c1-3-13-9(15)4-5-14-6-7-17-8(2)10(14)11(12)16/h8,10H,3-7H2,1-2H3,(H2,12,16)(H,13,15)/t8-,10+/m1/s1. The zero-order valence-electron chi connectivity index (χ0n) is 10.4. The molecule has 17 heavy (non-hydrogen) atoms. The minimum Gasteiger partial charge on any atom is -0.375 e. The molecule has 3 N–H and O–H groups in total. The third-order valence-corrected chi connectivity index (χ3v) is 2.89. The number of amides is 2. The molecule has 1 saturated heterocycles. The molecule has 6 nitrogen and oxygen atoms in total. The van der Waals surface area contributed by atoms with E-state index < -0.39 is 11.9 Å². The number of rotatable bonds is 5. The van der Waals surface area contributed by atoms with Crippen LogP contribution in [0.4, 0.5) is 0 Å². The molecule has 1 aliphatic rings. The Morgan fingerprint density at radius 3 is 2.82 bits per heavy atom. The summed E-state index contributed by atoms with van der Waals surface area (Å²) in [4.78, 5) is 24.6. The van der Waals surface area contributed by atoms with Gasteiger partial charge >= 0.3 is 0 Å². The van der Waals surface area contributed by atoms with Crippen LogP contribution >= 0.6 is 0 Å². The molecule has 0 aromatic carbocycles. The number of carbonyl (C=O) groups is 2. The molecule has 0 aromatic heterocycles. The molecule has 0 unspecified atom stereocenters. The second kappa shape index (κ2) is 6.56. The Morgan fingerprint density at radius 2 is 2.24 bits per heavy atom. The number of nitrogens with two attached hydrogens (primary N) is 1. The van der Waals surface area contributed by atoms with E-state index in [4.69, 9.17) is 10.5 Å². The van der Waals surface area contributed by atoms with Crippen LogP contribution in [0.25, 0.3) is 0 Å². The summed E-state index contributed by atoms with van der Waals surface area (Å²) in [6.45, 7) is 6.07. The van der Waals surface area contributed by atoms with Crippen molar-refractivity contribution in [2.24, 2.45) is 5.73 Å². The first-order valence-electron chi connectivity index (χ1n) is 5.98. The van der Waals surface area contributed by atoms with Crippen molar-refractivity contribution in [1.29, 1.82) is 0 Å². The molecule has 98 valence electrons. The number of primary amides is 1. The molecule has 0 aromatic rings. The van der Waals surface area contributed by atoms with Crippen molar-refractivity contribution in [3.05, 3.63) is 0 Å². The molecule has 0 saturated carbocycles. The van der Waals surface area contributed by atoms with Gasteiger partial charge in [-0.3, -0.25) is 14.5 Å². The first-order valence-corrected chi connectivity index (χ1v) is 5.98. The van der Waals surface area contributed by atoms with Crippen molar-refractivity contribution in [2.75, 3.05) is 26.2 Å². The summed E-state index contributed by atoms with van der Waals surface area (Å²) in [6.07, 6.45) is 0.167. The monoisotopic (exact) mass is 243 g/mol. The van der Waals surface area contributed by atoms with E-state index in [1.807, 2.05) is 18.7 Å². The van der Waals surface area contributed by atoms with Gasteiger partial charge in [0.1, 0.15) is 6.04 Å². The summed E-state index contributed by atoms with van der Waals surface area (Å²) in [7, 11) is 0. The van der Waals surface area contributed by atoms with Crippen LogP contribution in [-0.2, 0) is 14.3 Å². The number of hydrogen-bond acceptors (Lipinski definition) is 4. The van der Waals surface area contributed by atoms with Crippen molar-refractivity contribution in [3.8, 4) is 0 Å². The molecule has 0 radical (unpaired) electrons. The van der Waals surface area contributed by atoms with Gasteiger partial charge in [0.25, 0.3) is 0 Å². The topological polar surface area (TPSA) is 84.7 Å². The molecule has 6 heteroatoms. The summed E-state index contributed by atoms with van der Waals surface area (Å²) < 4.78 is 5.39. The molecule has 1 aliphatic heterocycles. The Hall–Kier alpha value is -1.14. The van der Waals surface area contributed by atoms with E-state index in [1.165, 1.54) is 0 Å². The van der Waals surface area contributed by atoms with Crippen molar-refractivity contribution >= 4 is 11.8 Å². The Morgan fingerprint density at radius 1 is 1.53 bits per heavy atom. The summed E-state index contributed by atoms with van der Waals surface area (Å²) >= 11 is 0. The van der Waals surface area contributed by atoms with Crippen molar-refractivity contribution < 1.29 is 14.3 Å². The summed E-state index contributed by atoms with van der Waals surface area (Å²) in [5, 5.41) is 2.73. The predicted octanol–water partition coefficient (Wildman–Crippen LogP) is -0.913. The van der Waals surface area contributed by atoms with E-state index in [2.05, 4.69) is 5.32 Å². The highest BCUT2D eigenvalue weighted by molar-refractivity contribution is 5.81. The van der Waals surface area contributed by atoms with Crippen molar-refractivity contribution in [3.63, 3.8) is 0 Å². The second-order valence-corrected chi connectivity index (χ2v) is 4.16. The fraction of sp³-hybridized carbons (Fsp3) is 0.818. The van der Waals surface area contributed by atoms with Gasteiger partial charge in [0.2, 0.25) is 11.8 Å². The maximum absolute atomic E-state index is 11.4. The zero-order valence-corrected chi connectivity index (χ0v) is 10.4. The Labute approximate surface area is 101 Å². The van der Waals surface area contributed by atoms with E-state index >= 15 is 0 Å². The van der Waals surface area contributed by atoms with E-state index in [9.17, 15) is 9.59 Å². The second-order valence-electron chi connectivity index (χ2n) is 4.16. The molecular formula is C11H21N3O3. The lowest BCUT2D eigenvalue weighted by Gasteiger charge is -2.37. The fourth-order valence-electron chi connectivity index (χ4n) is 2.08. The van der Waals surface area contributed by atoms with Crippen LogP contribution in [-0.4, -0.2) is 55.1 Å². The van der Waals surface area contributed by atoms with E-state index in [-0.39, 0.29) is 12.0 Å². The fourth-order valence-corrected chi connectivity index (χ4v) is 2.08. The average Bonchev–Trinajstić information content (AvgIpc) is 2.26. The number of nitrogens with one attached hydrogen (secondary N) is 1. The summed E-state index contributed by atoms with van der Waals surface area (Å²) in [6, 6.07) is -0.432. The van der Waals surface area contributed by atoms with Gasteiger partial charge in [-0.05, 0) is 13.8 Å². The molecule has 0 bridgehead atoms. The van der Waals surface area contributed by atoms with Gasteiger partial charge in [-0.15, -0.1) is 0 Å². The van der Waals surface area contributed by atoms with Crippen molar-refractivity contribution in [1.82, 2.24) is 10.2 Å². The third kappa shape index (κ3) is 3.98. The van der Waals surface area contributed by atoms with Gasteiger partial charge in [-0.2, -0.15) is 0 Å². The zero-order chi connectivity index (χ0) is 12.8. The van der Waals surface area contributed by atoms with Crippen LogP contribution in [0, 0.1) is 0 Å². The molecule has 0 aliphatic carbocycles. The maximum atomic E-state index is 11.4. The summed E-state index contributed by atoms with van der Waals surface area (Å²) in [5.74, 6) is -0.400. The Bertz CT molecular complexity index is 283. The molecular weight excluding hydrogens is 222 g/mol. The van der Waals surface area contributed by atoms with Crippen LogP contribution in [0.1, 0.15) is 20.3 Å². The van der Waals surface area contributed by atoms with Crippen LogP contribution in [0.3, 0.4) is 0 Å². The van der Waals surface area contributed by atoms with E-state index in [1.54, 1.807) is 0 Å². The quantitative estimate of drug-likeness (QED) is 0.654. The lowest BCUT2D eigenvalue weighted by Crippen LogP contribution is -2.57. The Balaban J connectivity index is 2.49. The summed E-state index contributed by atoms with van der Waals surface area (Å²) in [5.41, 5.74) is 5.35. The number of hydrogen-bond donors (Lipinski definition) is 2. The highest BCUT2D eigenvalue weighted by Gasteiger charge is 2.33. The molecule has 2 amide bonds.